The minimum atomic E-state index is -1.14. The van der Waals surface area contributed by atoms with E-state index in [9.17, 15) is 14.7 Å². The van der Waals surface area contributed by atoms with Crippen molar-refractivity contribution >= 4 is 17.6 Å². The summed E-state index contributed by atoms with van der Waals surface area (Å²) in [6, 6.07) is 3.88. The number of rotatable bonds is 9. The van der Waals surface area contributed by atoms with Gasteiger partial charge in [0.1, 0.15) is 11.7 Å². The summed E-state index contributed by atoms with van der Waals surface area (Å²) in [5.41, 5.74) is 6.00. The first kappa shape index (κ1) is 18.8. The SMILES string of the molecule is N#CCCn1nnnc1CCCC(NC(=O)c1ccc(N)cn1)C(=O)O. The molecule has 0 bridgehead atoms. The molecule has 0 spiro atoms. The summed E-state index contributed by atoms with van der Waals surface area (Å²) in [5.74, 6) is -1.16. The van der Waals surface area contributed by atoms with Crippen molar-refractivity contribution in [2.75, 3.05) is 5.73 Å². The van der Waals surface area contributed by atoms with Gasteiger partial charge in [0.15, 0.2) is 5.82 Å². The van der Waals surface area contributed by atoms with Crippen LogP contribution in [0.3, 0.4) is 0 Å². The Morgan fingerprint density at radius 2 is 2.23 bits per heavy atom. The normalized spacial score (nSPS) is 11.5. The van der Waals surface area contributed by atoms with E-state index in [1.54, 1.807) is 0 Å². The van der Waals surface area contributed by atoms with Crippen molar-refractivity contribution in [2.24, 2.45) is 0 Å². The van der Waals surface area contributed by atoms with Crippen LogP contribution in [0.1, 0.15) is 35.6 Å². The van der Waals surface area contributed by atoms with E-state index in [0.29, 0.717) is 30.9 Å². The lowest BCUT2D eigenvalue weighted by Gasteiger charge is -2.14. The number of amides is 1. The van der Waals surface area contributed by atoms with Gasteiger partial charge in [-0.3, -0.25) is 4.79 Å². The molecule has 1 atom stereocenters. The first-order chi connectivity index (χ1) is 12.5. The van der Waals surface area contributed by atoms with Crippen molar-refractivity contribution in [3.05, 3.63) is 29.8 Å². The zero-order valence-corrected chi connectivity index (χ0v) is 13.9. The Labute approximate surface area is 148 Å². The number of carbonyl (C=O) groups excluding carboxylic acids is 1. The highest BCUT2D eigenvalue weighted by molar-refractivity contribution is 5.95. The van der Waals surface area contributed by atoms with Crippen LogP contribution < -0.4 is 11.1 Å². The van der Waals surface area contributed by atoms with Crippen molar-refractivity contribution in [1.29, 1.82) is 5.26 Å². The van der Waals surface area contributed by atoms with E-state index in [-0.39, 0.29) is 18.5 Å². The zero-order valence-electron chi connectivity index (χ0n) is 13.9. The summed E-state index contributed by atoms with van der Waals surface area (Å²) in [7, 11) is 0. The van der Waals surface area contributed by atoms with Gasteiger partial charge in [-0.25, -0.2) is 14.5 Å². The highest BCUT2D eigenvalue weighted by Gasteiger charge is 2.21. The van der Waals surface area contributed by atoms with E-state index in [1.807, 2.05) is 6.07 Å². The highest BCUT2D eigenvalue weighted by Crippen LogP contribution is 2.07. The topological polar surface area (TPSA) is 173 Å². The lowest BCUT2D eigenvalue weighted by molar-refractivity contribution is -0.139. The molecule has 2 heterocycles. The van der Waals surface area contributed by atoms with E-state index < -0.39 is 17.9 Å². The third-order valence-corrected chi connectivity index (χ3v) is 3.56. The second-order valence-electron chi connectivity index (χ2n) is 5.46. The van der Waals surface area contributed by atoms with Gasteiger partial charge in [-0.15, -0.1) is 5.10 Å². The number of nitrogens with zero attached hydrogens (tertiary/aromatic N) is 6. The number of tetrazole rings is 1. The molecule has 0 aliphatic carbocycles. The Bertz CT molecular complexity index is 796. The van der Waals surface area contributed by atoms with Crippen LogP contribution in [0.2, 0.25) is 0 Å². The standard InChI is InChI=1S/C15H18N8O3/c16-7-2-8-23-13(20-21-22-23)4-1-3-12(15(25)26)19-14(24)11-6-5-10(17)9-18-11/h5-6,9,12H,1-4,8,17H2,(H,19,24)(H,25,26). The second kappa shape index (κ2) is 9.07. The Hall–Kier alpha value is -3.55. The van der Waals surface area contributed by atoms with Gasteiger partial charge < -0.3 is 16.2 Å². The number of anilines is 1. The number of aromatic nitrogens is 5. The number of nitrogens with one attached hydrogen (secondary N) is 1. The number of hydrogen-bond acceptors (Lipinski definition) is 8. The van der Waals surface area contributed by atoms with Crippen LogP contribution in [-0.2, 0) is 17.8 Å². The molecule has 0 saturated carbocycles. The molecule has 2 aromatic heterocycles. The smallest absolute Gasteiger partial charge is 0.326 e. The Morgan fingerprint density at radius 3 is 2.88 bits per heavy atom. The molecule has 0 saturated heterocycles. The molecule has 0 radical (unpaired) electrons. The zero-order chi connectivity index (χ0) is 18.9. The molecule has 0 fully saturated rings. The number of nitrogen functional groups attached to an aromatic ring is 1. The average molecular weight is 358 g/mol. The molecule has 26 heavy (non-hydrogen) atoms. The van der Waals surface area contributed by atoms with Crippen LogP contribution in [0.15, 0.2) is 18.3 Å². The van der Waals surface area contributed by atoms with Crippen molar-refractivity contribution in [3.8, 4) is 6.07 Å². The number of aryl methyl sites for hydroxylation is 2. The van der Waals surface area contributed by atoms with Gasteiger partial charge in [0.2, 0.25) is 0 Å². The van der Waals surface area contributed by atoms with Crippen LogP contribution in [0, 0.1) is 11.3 Å². The molecule has 136 valence electrons. The molecule has 11 heteroatoms. The van der Waals surface area contributed by atoms with Gasteiger partial charge in [-0.05, 0) is 35.4 Å². The third-order valence-electron chi connectivity index (χ3n) is 3.56. The largest absolute Gasteiger partial charge is 0.480 e. The van der Waals surface area contributed by atoms with Crippen LogP contribution >= 0.6 is 0 Å². The van der Waals surface area contributed by atoms with Gasteiger partial charge in [-0.2, -0.15) is 5.26 Å². The minimum absolute atomic E-state index is 0.0888. The van der Waals surface area contributed by atoms with Crippen LogP contribution in [-0.4, -0.2) is 48.2 Å². The minimum Gasteiger partial charge on any atom is -0.480 e. The number of carbonyl (C=O) groups is 2. The maximum atomic E-state index is 12.1. The van der Waals surface area contributed by atoms with E-state index in [1.165, 1.54) is 23.0 Å². The molecule has 2 aromatic rings. The molecule has 0 aliphatic heterocycles. The lowest BCUT2D eigenvalue weighted by Crippen LogP contribution is -2.41. The quantitative estimate of drug-likeness (QED) is 0.547. The third kappa shape index (κ3) is 5.23. The summed E-state index contributed by atoms with van der Waals surface area (Å²) in [4.78, 5) is 27.3. The molecular weight excluding hydrogens is 340 g/mol. The van der Waals surface area contributed by atoms with Crippen molar-refractivity contribution in [3.63, 3.8) is 0 Å². The molecule has 4 N–H and O–H groups in total. The fourth-order valence-corrected chi connectivity index (χ4v) is 2.23. The van der Waals surface area contributed by atoms with Gasteiger partial charge in [-0.1, -0.05) is 0 Å². The van der Waals surface area contributed by atoms with E-state index in [4.69, 9.17) is 11.0 Å². The van der Waals surface area contributed by atoms with Crippen molar-refractivity contribution in [2.45, 2.75) is 38.3 Å². The molecule has 0 aromatic carbocycles. The van der Waals surface area contributed by atoms with Gasteiger partial charge >= 0.3 is 5.97 Å². The van der Waals surface area contributed by atoms with Gasteiger partial charge in [0.05, 0.1) is 30.9 Å². The van der Waals surface area contributed by atoms with Crippen LogP contribution in [0.5, 0.6) is 0 Å². The fraction of sp³-hybridized carbons (Fsp3) is 0.400. The first-order valence-corrected chi connectivity index (χ1v) is 7.88. The summed E-state index contributed by atoms with van der Waals surface area (Å²) in [5, 5.41) is 31.5. The van der Waals surface area contributed by atoms with E-state index >= 15 is 0 Å². The Morgan fingerprint density at radius 1 is 1.42 bits per heavy atom. The highest BCUT2D eigenvalue weighted by atomic mass is 16.4. The average Bonchev–Trinajstić information content (AvgIpc) is 3.06. The summed E-state index contributed by atoms with van der Waals surface area (Å²) in [6.45, 7) is 0.376. The van der Waals surface area contributed by atoms with E-state index in [2.05, 4.69) is 25.8 Å². The second-order valence-corrected chi connectivity index (χ2v) is 5.46. The number of nitriles is 1. The molecule has 1 unspecified atom stereocenters. The molecule has 2 rings (SSSR count). The maximum Gasteiger partial charge on any atom is 0.326 e. The number of carboxylic acids is 1. The van der Waals surface area contributed by atoms with Gasteiger partial charge in [0.25, 0.3) is 5.91 Å². The number of nitrogens with two attached hydrogens (primary N) is 1. The predicted octanol–water partition coefficient (Wildman–Crippen LogP) is -0.230. The number of hydrogen-bond donors (Lipinski definition) is 3. The maximum absolute atomic E-state index is 12.1. The molecular formula is C15H18N8O3. The fourth-order valence-electron chi connectivity index (χ4n) is 2.23. The van der Waals surface area contributed by atoms with E-state index in [0.717, 1.165) is 0 Å². The molecule has 0 aliphatic rings. The van der Waals surface area contributed by atoms with Gasteiger partial charge in [0, 0.05) is 6.42 Å². The number of aliphatic carboxylic acids is 1. The van der Waals surface area contributed by atoms with Crippen molar-refractivity contribution in [1.82, 2.24) is 30.5 Å². The predicted molar refractivity (Wildman–Crippen MR) is 88.5 cm³/mol. The summed E-state index contributed by atoms with van der Waals surface area (Å²) in [6.07, 6.45) is 2.67. The monoisotopic (exact) mass is 358 g/mol. The first-order valence-electron chi connectivity index (χ1n) is 7.88. The number of pyridine rings is 1. The molecule has 11 nitrogen and oxygen atoms in total. The summed E-state index contributed by atoms with van der Waals surface area (Å²) >= 11 is 0. The Balaban J connectivity index is 1.89. The lowest BCUT2D eigenvalue weighted by atomic mass is 10.1. The molecule has 1 amide bonds. The van der Waals surface area contributed by atoms with Crippen LogP contribution in [0.4, 0.5) is 5.69 Å². The van der Waals surface area contributed by atoms with Crippen molar-refractivity contribution < 1.29 is 14.7 Å². The Kier molecular flexibility index (Phi) is 6.55. The van der Waals surface area contributed by atoms with Crippen LogP contribution in [0.25, 0.3) is 0 Å². The number of carboxylic acid groups (broad SMARTS) is 1. The summed E-state index contributed by atoms with van der Waals surface area (Å²) < 4.78 is 1.51.